The molecule has 4 heteroatoms. The minimum atomic E-state index is -0.588. The molecule has 1 atom stereocenters. The highest BCUT2D eigenvalue weighted by molar-refractivity contribution is 5.81. The topological polar surface area (TPSA) is 55.6 Å². The van der Waals surface area contributed by atoms with Gasteiger partial charge >= 0.3 is 0 Å². The highest BCUT2D eigenvalue weighted by Gasteiger charge is 2.22. The fraction of sp³-hybridized carbons (Fsp3) is 0.316. The van der Waals surface area contributed by atoms with Crippen LogP contribution in [0.1, 0.15) is 11.1 Å². The van der Waals surface area contributed by atoms with Gasteiger partial charge in [0.05, 0.1) is 0 Å². The van der Waals surface area contributed by atoms with E-state index >= 15 is 0 Å². The fourth-order valence-electron chi connectivity index (χ4n) is 2.48. The summed E-state index contributed by atoms with van der Waals surface area (Å²) in [5.74, 6) is -0.0604. The molecule has 23 heavy (non-hydrogen) atoms. The Bertz CT molecular complexity index is 583. The summed E-state index contributed by atoms with van der Waals surface area (Å²) < 4.78 is 5.22. The normalized spacial score (nSPS) is 11.9. The number of benzene rings is 2. The minimum Gasteiger partial charge on any atom is -0.370 e. The van der Waals surface area contributed by atoms with Gasteiger partial charge in [-0.25, -0.2) is 0 Å². The highest BCUT2D eigenvalue weighted by atomic mass is 16.5. The maximum absolute atomic E-state index is 12.7. The zero-order valence-corrected chi connectivity index (χ0v) is 13.5. The molecule has 0 aliphatic rings. The molecule has 2 aromatic rings. The molecule has 0 spiro atoms. The van der Waals surface area contributed by atoms with E-state index in [2.05, 4.69) is 12.1 Å². The molecule has 2 aromatic carbocycles. The quantitative estimate of drug-likeness (QED) is 0.813. The van der Waals surface area contributed by atoms with E-state index < -0.39 is 6.10 Å². The molecule has 122 valence electrons. The Morgan fingerprint density at radius 3 is 2.13 bits per heavy atom. The van der Waals surface area contributed by atoms with Crippen LogP contribution >= 0.6 is 0 Å². The Morgan fingerprint density at radius 2 is 1.61 bits per heavy atom. The summed E-state index contributed by atoms with van der Waals surface area (Å²) in [6, 6.07) is 20.1. The Morgan fingerprint density at radius 1 is 1.04 bits per heavy atom. The van der Waals surface area contributed by atoms with Crippen LogP contribution in [0.5, 0.6) is 0 Å². The molecule has 1 amide bonds. The monoisotopic (exact) mass is 312 g/mol. The predicted molar refractivity (Wildman–Crippen MR) is 91.9 cm³/mol. The molecule has 0 saturated heterocycles. The molecule has 0 heterocycles. The van der Waals surface area contributed by atoms with Crippen molar-refractivity contribution in [1.29, 1.82) is 0 Å². The third kappa shape index (κ3) is 5.20. The standard InChI is InChI=1S/C19H24N2O2/c1-23-18(14-20)19(22)21(15-17-10-6-3-7-11-17)13-12-16-8-4-2-5-9-16/h2-11,18H,12-15,20H2,1H3. The summed E-state index contributed by atoms with van der Waals surface area (Å²) in [5.41, 5.74) is 7.96. The van der Waals surface area contributed by atoms with Gasteiger partial charge in [-0.2, -0.15) is 0 Å². The number of hydrogen-bond acceptors (Lipinski definition) is 3. The second-order valence-electron chi connectivity index (χ2n) is 5.44. The molecule has 0 bridgehead atoms. The molecule has 0 saturated carbocycles. The Kier molecular flexibility index (Phi) is 6.78. The van der Waals surface area contributed by atoms with Crippen molar-refractivity contribution in [2.24, 2.45) is 5.73 Å². The van der Waals surface area contributed by atoms with Gasteiger partial charge in [-0.05, 0) is 17.5 Å². The van der Waals surface area contributed by atoms with Crippen LogP contribution in [0.15, 0.2) is 60.7 Å². The van der Waals surface area contributed by atoms with Crippen LogP contribution in [0.25, 0.3) is 0 Å². The van der Waals surface area contributed by atoms with E-state index in [4.69, 9.17) is 10.5 Å². The predicted octanol–water partition coefficient (Wildman–Crippen LogP) is 2.23. The molecular formula is C19H24N2O2. The number of ether oxygens (including phenoxy) is 1. The first-order chi connectivity index (χ1) is 11.2. The summed E-state index contributed by atoms with van der Waals surface area (Å²) in [4.78, 5) is 14.5. The molecule has 0 aliphatic heterocycles. The lowest BCUT2D eigenvalue weighted by atomic mass is 10.1. The summed E-state index contributed by atoms with van der Waals surface area (Å²) in [7, 11) is 1.52. The Hall–Kier alpha value is -2.17. The zero-order chi connectivity index (χ0) is 16.5. The van der Waals surface area contributed by atoms with E-state index in [1.807, 2.05) is 53.4 Å². The van der Waals surface area contributed by atoms with Crippen molar-refractivity contribution < 1.29 is 9.53 Å². The number of hydrogen-bond donors (Lipinski definition) is 1. The second kappa shape index (κ2) is 9.08. The molecule has 0 radical (unpaired) electrons. The van der Waals surface area contributed by atoms with Gasteiger partial charge in [0.2, 0.25) is 0 Å². The van der Waals surface area contributed by atoms with Crippen LogP contribution in [0.2, 0.25) is 0 Å². The van der Waals surface area contributed by atoms with Crippen LogP contribution < -0.4 is 5.73 Å². The van der Waals surface area contributed by atoms with Gasteiger partial charge in [0.1, 0.15) is 6.10 Å². The number of methoxy groups -OCH3 is 1. The van der Waals surface area contributed by atoms with Gasteiger partial charge in [0.15, 0.2) is 0 Å². The molecule has 4 nitrogen and oxygen atoms in total. The number of carbonyl (C=O) groups is 1. The average molecular weight is 312 g/mol. The highest BCUT2D eigenvalue weighted by Crippen LogP contribution is 2.10. The smallest absolute Gasteiger partial charge is 0.253 e. The van der Waals surface area contributed by atoms with Gasteiger partial charge in [-0.3, -0.25) is 4.79 Å². The van der Waals surface area contributed by atoms with Gasteiger partial charge < -0.3 is 15.4 Å². The number of rotatable bonds is 8. The third-order valence-electron chi connectivity index (χ3n) is 3.82. The van der Waals surface area contributed by atoms with Crippen molar-refractivity contribution >= 4 is 5.91 Å². The van der Waals surface area contributed by atoms with Crippen LogP contribution in [0.3, 0.4) is 0 Å². The number of carbonyl (C=O) groups excluding carboxylic acids is 1. The fourth-order valence-corrected chi connectivity index (χ4v) is 2.48. The van der Waals surface area contributed by atoms with Crippen LogP contribution in [0.4, 0.5) is 0 Å². The maximum Gasteiger partial charge on any atom is 0.253 e. The third-order valence-corrected chi connectivity index (χ3v) is 3.82. The van der Waals surface area contributed by atoms with Gasteiger partial charge in [-0.1, -0.05) is 60.7 Å². The van der Waals surface area contributed by atoms with Crippen molar-refractivity contribution in [3.05, 3.63) is 71.8 Å². The Balaban J connectivity index is 2.08. The lowest BCUT2D eigenvalue weighted by Crippen LogP contribution is -2.44. The van der Waals surface area contributed by atoms with Crippen molar-refractivity contribution in [3.63, 3.8) is 0 Å². The molecule has 0 aromatic heterocycles. The number of nitrogens with two attached hydrogens (primary N) is 1. The van der Waals surface area contributed by atoms with Gasteiger partial charge in [0.25, 0.3) is 5.91 Å². The van der Waals surface area contributed by atoms with Crippen LogP contribution in [0, 0.1) is 0 Å². The molecule has 2 N–H and O–H groups in total. The van der Waals surface area contributed by atoms with Gasteiger partial charge in [-0.15, -0.1) is 0 Å². The maximum atomic E-state index is 12.7. The SMILES string of the molecule is COC(CN)C(=O)N(CCc1ccccc1)Cc1ccccc1. The summed E-state index contributed by atoms with van der Waals surface area (Å²) >= 11 is 0. The van der Waals surface area contributed by atoms with Crippen molar-refractivity contribution in [3.8, 4) is 0 Å². The second-order valence-corrected chi connectivity index (χ2v) is 5.44. The molecule has 1 unspecified atom stereocenters. The van der Waals surface area contributed by atoms with Crippen LogP contribution in [-0.2, 0) is 22.5 Å². The lowest BCUT2D eigenvalue weighted by Gasteiger charge is -2.26. The summed E-state index contributed by atoms with van der Waals surface area (Å²) in [6.07, 6.45) is 0.218. The van der Waals surface area contributed by atoms with Gasteiger partial charge in [0, 0.05) is 26.7 Å². The Labute approximate surface area is 137 Å². The zero-order valence-electron chi connectivity index (χ0n) is 13.5. The molecule has 0 aliphatic carbocycles. The van der Waals surface area contributed by atoms with E-state index in [1.54, 1.807) is 0 Å². The average Bonchev–Trinajstić information content (AvgIpc) is 2.61. The minimum absolute atomic E-state index is 0.0604. The first-order valence-electron chi connectivity index (χ1n) is 7.84. The lowest BCUT2D eigenvalue weighted by molar-refractivity contribution is -0.142. The van der Waals surface area contributed by atoms with Crippen molar-refractivity contribution in [1.82, 2.24) is 4.90 Å². The summed E-state index contributed by atoms with van der Waals surface area (Å²) in [6.45, 7) is 1.38. The molecule has 0 fully saturated rings. The first kappa shape index (κ1) is 17.2. The van der Waals surface area contributed by atoms with Crippen molar-refractivity contribution in [2.75, 3.05) is 20.2 Å². The van der Waals surface area contributed by atoms with E-state index in [1.165, 1.54) is 12.7 Å². The van der Waals surface area contributed by atoms with Crippen molar-refractivity contribution in [2.45, 2.75) is 19.1 Å². The van der Waals surface area contributed by atoms with E-state index in [0.717, 1.165) is 12.0 Å². The van der Waals surface area contributed by atoms with E-state index in [-0.39, 0.29) is 12.5 Å². The number of amides is 1. The van der Waals surface area contributed by atoms with E-state index in [9.17, 15) is 4.79 Å². The largest absolute Gasteiger partial charge is 0.370 e. The van der Waals surface area contributed by atoms with E-state index in [0.29, 0.717) is 13.1 Å². The van der Waals surface area contributed by atoms with Crippen LogP contribution in [-0.4, -0.2) is 37.1 Å². The molecular weight excluding hydrogens is 288 g/mol. The first-order valence-corrected chi connectivity index (χ1v) is 7.84. The molecule has 2 rings (SSSR count). The summed E-state index contributed by atoms with van der Waals surface area (Å²) in [5, 5.41) is 0. The number of nitrogens with zero attached hydrogens (tertiary/aromatic N) is 1.